The first kappa shape index (κ1) is 19.4. The summed E-state index contributed by atoms with van der Waals surface area (Å²) >= 11 is 1.55. The quantitative estimate of drug-likeness (QED) is 0.276. The molecule has 7 heteroatoms. The predicted molar refractivity (Wildman–Crippen MR) is 93.7 cm³/mol. The van der Waals surface area contributed by atoms with Crippen molar-refractivity contribution in [3.05, 3.63) is 22.4 Å². The zero-order chi connectivity index (χ0) is 17.1. The Labute approximate surface area is 142 Å². The lowest BCUT2D eigenvalue weighted by atomic mass is 10.00. The highest BCUT2D eigenvalue weighted by Gasteiger charge is 2.23. The number of nitrogens with zero attached hydrogens (tertiary/aromatic N) is 1. The van der Waals surface area contributed by atoms with E-state index in [1.807, 2.05) is 23.8 Å². The number of esters is 1. The van der Waals surface area contributed by atoms with Crippen LogP contribution in [0.4, 0.5) is 0 Å². The molecule has 0 radical (unpaired) electrons. The number of carbonyl (C=O) groups excluding carboxylic acids is 1. The van der Waals surface area contributed by atoms with Crippen LogP contribution in [-0.4, -0.2) is 43.3 Å². The summed E-state index contributed by atoms with van der Waals surface area (Å²) in [7, 11) is 0. The molecule has 0 saturated heterocycles. The Morgan fingerprint density at radius 2 is 2.22 bits per heavy atom. The van der Waals surface area contributed by atoms with Crippen molar-refractivity contribution in [3.8, 4) is 0 Å². The van der Waals surface area contributed by atoms with Gasteiger partial charge in [-0.25, -0.2) is 4.99 Å². The van der Waals surface area contributed by atoms with E-state index < -0.39 is 5.60 Å². The zero-order valence-electron chi connectivity index (χ0n) is 14.1. The van der Waals surface area contributed by atoms with Crippen molar-refractivity contribution in [1.29, 1.82) is 0 Å². The van der Waals surface area contributed by atoms with Gasteiger partial charge in [-0.3, -0.25) is 4.79 Å². The molecule has 1 heterocycles. The smallest absolute Gasteiger partial charge is 0.305 e. The van der Waals surface area contributed by atoms with Crippen LogP contribution in [0.25, 0.3) is 0 Å². The lowest BCUT2D eigenvalue weighted by molar-refractivity contribution is -0.143. The summed E-state index contributed by atoms with van der Waals surface area (Å²) < 4.78 is 4.89. The number of hydrogen-bond donors (Lipinski definition) is 3. The highest BCUT2D eigenvalue weighted by Crippen LogP contribution is 2.23. The molecule has 0 aliphatic carbocycles. The second-order valence-corrected chi connectivity index (χ2v) is 6.10. The normalized spacial score (nSPS) is 14.2. The fourth-order valence-electron chi connectivity index (χ4n) is 1.91. The van der Waals surface area contributed by atoms with Crippen molar-refractivity contribution in [1.82, 2.24) is 10.6 Å². The molecule has 1 unspecified atom stereocenters. The molecule has 0 aromatic carbocycles. The molecule has 23 heavy (non-hydrogen) atoms. The molecule has 0 aliphatic heterocycles. The van der Waals surface area contributed by atoms with E-state index in [2.05, 4.69) is 15.6 Å². The summed E-state index contributed by atoms with van der Waals surface area (Å²) in [5.41, 5.74) is -0.128. The lowest BCUT2D eigenvalue weighted by Gasteiger charge is -2.21. The summed E-state index contributed by atoms with van der Waals surface area (Å²) in [6, 6.07) is 1.90. The van der Waals surface area contributed by atoms with E-state index in [9.17, 15) is 9.90 Å². The van der Waals surface area contributed by atoms with E-state index in [0.717, 1.165) is 12.1 Å². The van der Waals surface area contributed by atoms with E-state index in [1.165, 1.54) is 0 Å². The molecule has 130 valence electrons. The number of carbonyl (C=O) groups is 1. The molecule has 0 amide bonds. The Morgan fingerprint density at radius 3 is 2.83 bits per heavy atom. The average Bonchev–Trinajstić information content (AvgIpc) is 3.04. The number of hydrogen-bond acceptors (Lipinski definition) is 5. The molecule has 0 bridgehead atoms. The highest BCUT2D eigenvalue weighted by atomic mass is 32.1. The van der Waals surface area contributed by atoms with E-state index in [0.29, 0.717) is 32.0 Å². The fraction of sp³-hybridized carbons (Fsp3) is 0.625. The van der Waals surface area contributed by atoms with E-state index in [-0.39, 0.29) is 12.5 Å². The van der Waals surface area contributed by atoms with Crippen LogP contribution in [-0.2, 0) is 15.1 Å². The fourth-order valence-corrected chi connectivity index (χ4v) is 2.69. The number of aliphatic hydroxyl groups is 1. The highest BCUT2D eigenvalue weighted by molar-refractivity contribution is 7.08. The Bertz CT molecular complexity index is 487. The van der Waals surface area contributed by atoms with Gasteiger partial charge >= 0.3 is 5.97 Å². The van der Waals surface area contributed by atoms with Gasteiger partial charge in [-0.05, 0) is 49.6 Å². The summed E-state index contributed by atoms with van der Waals surface area (Å²) in [5.74, 6) is 0.448. The molecular weight excluding hydrogens is 314 g/mol. The van der Waals surface area contributed by atoms with E-state index in [1.54, 1.807) is 25.2 Å². The van der Waals surface area contributed by atoms with Crippen LogP contribution in [0, 0.1) is 0 Å². The van der Waals surface area contributed by atoms with Gasteiger partial charge in [0, 0.05) is 19.5 Å². The first-order valence-corrected chi connectivity index (χ1v) is 8.86. The zero-order valence-corrected chi connectivity index (χ0v) is 14.9. The molecule has 1 aromatic heterocycles. The largest absolute Gasteiger partial charge is 0.466 e. The van der Waals surface area contributed by atoms with Crippen LogP contribution in [0.1, 0.15) is 39.2 Å². The number of nitrogens with one attached hydrogen (secondary N) is 2. The Kier molecular flexibility index (Phi) is 8.65. The third-order valence-corrected chi connectivity index (χ3v) is 3.87. The summed E-state index contributed by atoms with van der Waals surface area (Å²) in [6.07, 6.45) is 1.05. The van der Waals surface area contributed by atoms with Crippen LogP contribution in [0.3, 0.4) is 0 Å². The number of guanidine groups is 1. The number of aliphatic imine (C=N–C) groups is 1. The molecule has 0 spiro atoms. The van der Waals surface area contributed by atoms with Crippen LogP contribution in [0.2, 0.25) is 0 Å². The first-order valence-electron chi connectivity index (χ1n) is 7.92. The molecule has 6 nitrogen and oxygen atoms in total. The monoisotopic (exact) mass is 341 g/mol. The van der Waals surface area contributed by atoms with E-state index >= 15 is 0 Å². The lowest BCUT2D eigenvalue weighted by Crippen LogP contribution is -2.39. The number of thiophene rings is 1. The SMILES string of the molecule is CCNC(=NCC(C)(O)c1ccsc1)NCCCC(=O)OCC. The van der Waals surface area contributed by atoms with Gasteiger partial charge in [0.1, 0.15) is 5.60 Å². The van der Waals surface area contributed by atoms with Crippen LogP contribution in [0.15, 0.2) is 21.8 Å². The topological polar surface area (TPSA) is 83.0 Å². The second-order valence-electron chi connectivity index (χ2n) is 5.32. The molecule has 1 atom stereocenters. The molecule has 1 rings (SSSR count). The molecule has 3 N–H and O–H groups in total. The van der Waals surface area contributed by atoms with Gasteiger partial charge in [0.05, 0.1) is 13.2 Å². The van der Waals surface area contributed by atoms with Gasteiger partial charge in [-0.15, -0.1) is 0 Å². The van der Waals surface area contributed by atoms with E-state index in [4.69, 9.17) is 4.74 Å². The third-order valence-electron chi connectivity index (χ3n) is 3.19. The number of ether oxygens (including phenoxy) is 1. The van der Waals surface area contributed by atoms with Gasteiger partial charge in [0.15, 0.2) is 5.96 Å². The second kappa shape index (κ2) is 10.2. The van der Waals surface area contributed by atoms with Crippen molar-refractivity contribution in [2.24, 2.45) is 4.99 Å². The summed E-state index contributed by atoms with van der Waals surface area (Å²) in [4.78, 5) is 15.7. The summed E-state index contributed by atoms with van der Waals surface area (Å²) in [5, 5.41) is 20.6. The van der Waals surface area contributed by atoms with Crippen molar-refractivity contribution >= 4 is 23.3 Å². The van der Waals surface area contributed by atoms with Gasteiger partial charge in [0.2, 0.25) is 0 Å². The predicted octanol–water partition coefficient (Wildman–Crippen LogP) is 1.85. The third kappa shape index (κ3) is 7.47. The van der Waals surface area contributed by atoms with Gasteiger partial charge in [0.25, 0.3) is 0 Å². The molecule has 1 aromatic rings. The van der Waals surface area contributed by atoms with Crippen molar-refractivity contribution in [3.63, 3.8) is 0 Å². The maximum absolute atomic E-state index is 11.3. The Hall–Kier alpha value is -1.60. The minimum Gasteiger partial charge on any atom is -0.466 e. The van der Waals surface area contributed by atoms with Crippen molar-refractivity contribution in [2.45, 2.75) is 39.2 Å². The number of rotatable bonds is 9. The van der Waals surface area contributed by atoms with Gasteiger partial charge < -0.3 is 20.5 Å². The molecular formula is C16H27N3O3S. The average molecular weight is 341 g/mol. The Morgan fingerprint density at radius 1 is 1.43 bits per heavy atom. The Balaban J connectivity index is 2.45. The minimum absolute atomic E-state index is 0.184. The van der Waals surface area contributed by atoms with Crippen LogP contribution < -0.4 is 10.6 Å². The van der Waals surface area contributed by atoms with Gasteiger partial charge in [-0.1, -0.05) is 0 Å². The van der Waals surface area contributed by atoms with Crippen molar-refractivity contribution < 1.29 is 14.6 Å². The molecule has 0 fully saturated rings. The molecule has 0 saturated carbocycles. The maximum Gasteiger partial charge on any atom is 0.305 e. The molecule has 0 aliphatic rings. The summed E-state index contributed by atoms with van der Waals surface area (Å²) in [6.45, 7) is 7.54. The van der Waals surface area contributed by atoms with Crippen molar-refractivity contribution in [2.75, 3.05) is 26.2 Å². The first-order chi connectivity index (χ1) is 11.0. The maximum atomic E-state index is 11.3. The van der Waals surface area contributed by atoms with Crippen LogP contribution in [0.5, 0.6) is 0 Å². The van der Waals surface area contributed by atoms with Gasteiger partial charge in [-0.2, -0.15) is 11.3 Å². The standard InChI is InChI=1S/C16H27N3O3S/c1-4-17-15(18-9-6-7-14(20)22-5-2)19-12-16(3,21)13-8-10-23-11-13/h8,10-11,21H,4-7,9,12H2,1-3H3,(H2,17,18,19). The minimum atomic E-state index is -0.993. The van der Waals surface area contributed by atoms with Crippen LogP contribution >= 0.6 is 11.3 Å².